The van der Waals surface area contributed by atoms with Crippen molar-refractivity contribution < 1.29 is 23.7 Å². The van der Waals surface area contributed by atoms with Crippen molar-refractivity contribution >= 4 is 0 Å². The number of hydrogen-bond acceptors (Lipinski definition) is 5. The highest BCUT2D eigenvalue weighted by molar-refractivity contribution is 5.17. The van der Waals surface area contributed by atoms with E-state index in [0.29, 0.717) is 18.4 Å². The molecule has 5 rings (SSSR count). The molecular weight excluding hydrogens is 308 g/mol. The topological polar surface area (TPSA) is 46.2 Å². The van der Waals surface area contributed by atoms with Gasteiger partial charge in [0.25, 0.3) is 0 Å². The summed E-state index contributed by atoms with van der Waals surface area (Å²) in [6.45, 7) is 1.35. The molecule has 3 heterocycles. The number of fused-ring (bicyclic) bond motifs is 3. The molecule has 0 N–H and O–H groups in total. The third kappa shape index (κ3) is 2.19. The molecule has 0 bridgehead atoms. The van der Waals surface area contributed by atoms with Crippen molar-refractivity contribution in [1.82, 2.24) is 0 Å². The molecule has 7 atom stereocenters. The van der Waals surface area contributed by atoms with Gasteiger partial charge in [-0.05, 0) is 24.7 Å². The van der Waals surface area contributed by atoms with Crippen molar-refractivity contribution in [3.63, 3.8) is 0 Å². The Morgan fingerprint density at radius 2 is 1.92 bits per heavy atom. The van der Waals surface area contributed by atoms with Gasteiger partial charge in [0, 0.05) is 19.1 Å². The summed E-state index contributed by atoms with van der Waals surface area (Å²) >= 11 is 0. The second kappa shape index (κ2) is 5.78. The molecule has 1 spiro atoms. The van der Waals surface area contributed by atoms with E-state index in [4.69, 9.17) is 23.7 Å². The number of methoxy groups -OCH3 is 1. The second-order valence-electron chi connectivity index (χ2n) is 7.41. The Hall–Kier alpha value is -0.980. The van der Waals surface area contributed by atoms with E-state index in [-0.39, 0.29) is 30.4 Å². The minimum Gasteiger partial charge on any atom is -0.369 e. The molecule has 3 aliphatic heterocycles. The number of ether oxygens (including phenoxy) is 5. The molecule has 5 nitrogen and oxygen atoms in total. The van der Waals surface area contributed by atoms with Crippen molar-refractivity contribution in [3.05, 3.63) is 35.9 Å². The van der Waals surface area contributed by atoms with Gasteiger partial charge in [0.2, 0.25) is 0 Å². The minimum absolute atomic E-state index is 0.0188. The molecule has 1 aliphatic carbocycles. The molecular formula is C19H24O5. The average molecular weight is 332 g/mol. The summed E-state index contributed by atoms with van der Waals surface area (Å²) in [4.78, 5) is 0. The highest BCUT2D eigenvalue weighted by atomic mass is 16.8. The zero-order chi connectivity index (χ0) is 16.1. The van der Waals surface area contributed by atoms with E-state index in [0.717, 1.165) is 18.6 Å². The Balaban J connectivity index is 1.38. The van der Waals surface area contributed by atoms with E-state index in [9.17, 15) is 0 Å². The fourth-order valence-corrected chi connectivity index (χ4v) is 4.84. The average Bonchev–Trinajstić information content (AvgIpc) is 2.84. The number of benzene rings is 1. The normalized spacial score (nSPS) is 47.0. The van der Waals surface area contributed by atoms with Crippen LogP contribution in [0.4, 0.5) is 0 Å². The third-order valence-electron chi connectivity index (χ3n) is 6.24. The van der Waals surface area contributed by atoms with Gasteiger partial charge in [-0.2, -0.15) is 0 Å². The lowest BCUT2D eigenvalue weighted by atomic mass is 9.64. The van der Waals surface area contributed by atoms with Crippen LogP contribution in [0, 0.1) is 11.8 Å². The zero-order valence-electron chi connectivity index (χ0n) is 13.9. The van der Waals surface area contributed by atoms with Crippen LogP contribution in [-0.4, -0.2) is 44.4 Å². The largest absolute Gasteiger partial charge is 0.369 e. The van der Waals surface area contributed by atoms with E-state index in [1.165, 1.54) is 12.8 Å². The summed E-state index contributed by atoms with van der Waals surface area (Å²) in [7, 11) is 1.71. The van der Waals surface area contributed by atoms with Gasteiger partial charge in [-0.25, -0.2) is 0 Å². The third-order valence-corrected chi connectivity index (χ3v) is 6.24. The van der Waals surface area contributed by atoms with E-state index in [1.807, 2.05) is 30.3 Å². The zero-order valence-corrected chi connectivity index (χ0v) is 13.9. The van der Waals surface area contributed by atoms with E-state index < -0.39 is 0 Å². The monoisotopic (exact) mass is 332 g/mol. The molecule has 3 saturated heterocycles. The fourth-order valence-electron chi connectivity index (χ4n) is 4.84. The van der Waals surface area contributed by atoms with Gasteiger partial charge in [0.05, 0.1) is 19.3 Å². The molecule has 0 unspecified atom stereocenters. The van der Waals surface area contributed by atoms with Crippen molar-refractivity contribution in [2.24, 2.45) is 11.8 Å². The first-order valence-corrected chi connectivity index (χ1v) is 8.94. The van der Waals surface area contributed by atoms with Gasteiger partial charge >= 0.3 is 0 Å². The molecule has 4 fully saturated rings. The first kappa shape index (κ1) is 15.3. The highest BCUT2D eigenvalue weighted by Crippen LogP contribution is 2.56. The molecule has 4 aliphatic rings. The molecule has 130 valence electrons. The lowest BCUT2D eigenvalue weighted by molar-refractivity contribution is -0.362. The van der Waals surface area contributed by atoms with Gasteiger partial charge in [0.15, 0.2) is 12.6 Å². The van der Waals surface area contributed by atoms with Crippen LogP contribution >= 0.6 is 0 Å². The Morgan fingerprint density at radius 3 is 2.62 bits per heavy atom. The first-order valence-electron chi connectivity index (χ1n) is 8.94. The maximum Gasteiger partial charge on any atom is 0.187 e. The minimum atomic E-state index is -0.350. The van der Waals surface area contributed by atoms with E-state index in [2.05, 4.69) is 0 Å². The van der Waals surface area contributed by atoms with E-state index in [1.54, 1.807) is 7.11 Å². The lowest BCUT2D eigenvalue weighted by Gasteiger charge is -2.52. The lowest BCUT2D eigenvalue weighted by Crippen LogP contribution is -2.63. The molecule has 0 radical (unpaired) electrons. The summed E-state index contributed by atoms with van der Waals surface area (Å²) in [5, 5.41) is 0. The van der Waals surface area contributed by atoms with Crippen LogP contribution in [0.5, 0.6) is 0 Å². The fraction of sp³-hybridized carbons (Fsp3) is 0.684. The van der Waals surface area contributed by atoms with Crippen LogP contribution in [0.15, 0.2) is 30.3 Å². The SMILES string of the molecule is CO[C@H]1O[C@@H]2CO[C@@H](c3ccccc3)O[C@H]2C[C@@]12OC[C@H]1CC[C@H]12. The Labute approximate surface area is 142 Å². The standard InChI is InChI=1S/C19H24O5/c1-20-18-19(14-8-7-13(14)10-22-19)9-15-16(24-18)11-21-17(23-15)12-5-3-2-4-6-12/h2-6,13-18H,7-11H2,1H3/t13-,14-,15+,16-,17-,18+,19+/m1/s1. The summed E-state index contributed by atoms with van der Waals surface area (Å²) in [6.07, 6.45) is 2.51. The van der Waals surface area contributed by atoms with Crippen LogP contribution < -0.4 is 0 Å². The predicted octanol–water partition coefficient (Wildman–Crippen LogP) is 2.66. The molecule has 1 aromatic carbocycles. The van der Waals surface area contributed by atoms with Crippen LogP contribution in [-0.2, 0) is 23.7 Å². The van der Waals surface area contributed by atoms with Crippen LogP contribution in [0.3, 0.4) is 0 Å². The van der Waals surface area contributed by atoms with Crippen LogP contribution in [0.25, 0.3) is 0 Å². The molecule has 0 aromatic heterocycles. The Bertz CT molecular complexity index is 593. The molecule has 24 heavy (non-hydrogen) atoms. The molecule has 1 saturated carbocycles. The van der Waals surface area contributed by atoms with Gasteiger partial charge < -0.3 is 23.7 Å². The smallest absolute Gasteiger partial charge is 0.187 e. The van der Waals surface area contributed by atoms with Crippen molar-refractivity contribution in [2.45, 2.75) is 49.7 Å². The van der Waals surface area contributed by atoms with Crippen LogP contribution in [0.2, 0.25) is 0 Å². The van der Waals surface area contributed by atoms with Gasteiger partial charge in [-0.15, -0.1) is 0 Å². The van der Waals surface area contributed by atoms with Gasteiger partial charge in [-0.3, -0.25) is 0 Å². The number of rotatable bonds is 2. The van der Waals surface area contributed by atoms with Gasteiger partial charge in [-0.1, -0.05) is 30.3 Å². The quantitative estimate of drug-likeness (QED) is 0.833. The van der Waals surface area contributed by atoms with E-state index >= 15 is 0 Å². The molecule has 5 heteroatoms. The second-order valence-corrected chi connectivity index (χ2v) is 7.41. The summed E-state index contributed by atoms with van der Waals surface area (Å²) in [5.41, 5.74) is 0.699. The number of hydrogen-bond donors (Lipinski definition) is 0. The first-order chi connectivity index (χ1) is 11.8. The van der Waals surface area contributed by atoms with Crippen molar-refractivity contribution in [3.8, 4) is 0 Å². The molecule has 1 aromatic rings. The Morgan fingerprint density at radius 1 is 1.04 bits per heavy atom. The Kier molecular flexibility index (Phi) is 3.68. The highest BCUT2D eigenvalue weighted by Gasteiger charge is 2.63. The van der Waals surface area contributed by atoms with Crippen molar-refractivity contribution in [1.29, 1.82) is 0 Å². The molecule has 0 amide bonds. The summed E-state index contributed by atoms with van der Waals surface area (Å²) in [6, 6.07) is 10.1. The summed E-state index contributed by atoms with van der Waals surface area (Å²) < 4.78 is 30.4. The maximum absolute atomic E-state index is 6.29. The maximum atomic E-state index is 6.29. The predicted molar refractivity (Wildman–Crippen MR) is 85.2 cm³/mol. The van der Waals surface area contributed by atoms with Crippen LogP contribution in [0.1, 0.15) is 31.1 Å². The van der Waals surface area contributed by atoms with Crippen molar-refractivity contribution in [2.75, 3.05) is 20.3 Å². The van der Waals surface area contributed by atoms with Gasteiger partial charge in [0.1, 0.15) is 11.7 Å². The summed E-state index contributed by atoms with van der Waals surface area (Å²) in [5.74, 6) is 1.19.